The van der Waals surface area contributed by atoms with Crippen LogP contribution < -0.4 is 14.8 Å². The average molecular weight is 302 g/mol. The number of methoxy groups -OCH3 is 1. The van der Waals surface area contributed by atoms with Crippen LogP contribution in [0.2, 0.25) is 0 Å². The number of nitro groups is 1. The summed E-state index contributed by atoms with van der Waals surface area (Å²) in [5.41, 5.74) is 0.591. The van der Waals surface area contributed by atoms with Gasteiger partial charge in [-0.2, -0.15) is 0 Å². The van der Waals surface area contributed by atoms with E-state index in [4.69, 9.17) is 9.47 Å². The number of rotatable bonds is 6. The number of hydrogen-bond acceptors (Lipinski definition) is 5. The summed E-state index contributed by atoms with van der Waals surface area (Å²) in [6.45, 7) is -0.191. The molecule has 0 spiro atoms. The number of benzene rings is 2. The van der Waals surface area contributed by atoms with Crippen molar-refractivity contribution in [2.75, 3.05) is 19.0 Å². The van der Waals surface area contributed by atoms with Gasteiger partial charge in [0.2, 0.25) is 0 Å². The van der Waals surface area contributed by atoms with Crippen molar-refractivity contribution in [1.82, 2.24) is 0 Å². The third-order valence-electron chi connectivity index (χ3n) is 2.79. The molecule has 2 aromatic rings. The molecule has 0 aliphatic rings. The van der Waals surface area contributed by atoms with E-state index in [1.807, 2.05) is 0 Å². The summed E-state index contributed by atoms with van der Waals surface area (Å²) in [6.07, 6.45) is 0. The maximum Gasteiger partial charge on any atom is 0.269 e. The summed E-state index contributed by atoms with van der Waals surface area (Å²) >= 11 is 0. The molecule has 0 radical (unpaired) electrons. The Labute approximate surface area is 126 Å². The Balaban J connectivity index is 1.85. The van der Waals surface area contributed by atoms with E-state index in [9.17, 15) is 14.9 Å². The summed E-state index contributed by atoms with van der Waals surface area (Å²) in [7, 11) is 1.56. The highest BCUT2D eigenvalue weighted by Crippen LogP contribution is 2.18. The highest BCUT2D eigenvalue weighted by Gasteiger charge is 2.07. The van der Waals surface area contributed by atoms with Gasteiger partial charge in [0.15, 0.2) is 6.61 Å². The average Bonchev–Trinajstić information content (AvgIpc) is 2.54. The van der Waals surface area contributed by atoms with Crippen LogP contribution in [0.5, 0.6) is 11.5 Å². The minimum Gasteiger partial charge on any atom is -0.497 e. The summed E-state index contributed by atoms with van der Waals surface area (Å²) in [5, 5.41) is 13.2. The van der Waals surface area contributed by atoms with Gasteiger partial charge in [0.1, 0.15) is 11.5 Å². The molecule has 2 rings (SSSR count). The Bertz CT molecular complexity index is 653. The second-order valence-electron chi connectivity index (χ2n) is 4.32. The zero-order valence-corrected chi connectivity index (χ0v) is 11.8. The maximum atomic E-state index is 11.7. The lowest BCUT2D eigenvalue weighted by Gasteiger charge is -2.08. The van der Waals surface area contributed by atoms with E-state index in [1.165, 1.54) is 24.3 Å². The van der Waals surface area contributed by atoms with Crippen molar-refractivity contribution < 1.29 is 19.2 Å². The van der Waals surface area contributed by atoms with Gasteiger partial charge in [0.25, 0.3) is 11.6 Å². The predicted octanol–water partition coefficient (Wildman–Crippen LogP) is 2.62. The first-order valence-corrected chi connectivity index (χ1v) is 6.39. The number of anilines is 1. The van der Waals surface area contributed by atoms with Crippen LogP contribution in [-0.2, 0) is 4.79 Å². The van der Waals surface area contributed by atoms with Crippen LogP contribution in [0.4, 0.5) is 11.4 Å². The smallest absolute Gasteiger partial charge is 0.269 e. The summed E-state index contributed by atoms with van der Waals surface area (Å²) in [6, 6.07) is 12.4. The van der Waals surface area contributed by atoms with Gasteiger partial charge in [0, 0.05) is 17.8 Å². The number of nitro benzene ring substituents is 1. The molecule has 22 heavy (non-hydrogen) atoms. The topological polar surface area (TPSA) is 90.7 Å². The highest BCUT2D eigenvalue weighted by atomic mass is 16.6. The quantitative estimate of drug-likeness (QED) is 0.654. The number of hydrogen-bond donors (Lipinski definition) is 1. The lowest BCUT2D eigenvalue weighted by Crippen LogP contribution is -2.20. The molecule has 0 aliphatic heterocycles. The molecular formula is C15H14N2O5. The normalized spacial score (nSPS) is 9.86. The van der Waals surface area contributed by atoms with Gasteiger partial charge in [0.05, 0.1) is 12.0 Å². The zero-order valence-electron chi connectivity index (χ0n) is 11.8. The fraction of sp³-hybridized carbons (Fsp3) is 0.133. The van der Waals surface area contributed by atoms with Crippen molar-refractivity contribution in [2.24, 2.45) is 0 Å². The first-order valence-electron chi connectivity index (χ1n) is 6.39. The van der Waals surface area contributed by atoms with Crippen LogP contribution in [0.1, 0.15) is 0 Å². The van der Waals surface area contributed by atoms with E-state index in [-0.39, 0.29) is 18.2 Å². The van der Waals surface area contributed by atoms with Gasteiger partial charge in [-0.1, -0.05) is 0 Å². The Hall–Kier alpha value is -3.09. The molecule has 0 bridgehead atoms. The Morgan fingerprint density at radius 2 is 1.68 bits per heavy atom. The van der Waals surface area contributed by atoms with Crippen molar-refractivity contribution in [1.29, 1.82) is 0 Å². The Kier molecular flexibility index (Phi) is 4.92. The second-order valence-corrected chi connectivity index (χ2v) is 4.32. The van der Waals surface area contributed by atoms with Crippen LogP contribution in [-0.4, -0.2) is 24.5 Å². The van der Waals surface area contributed by atoms with Crippen LogP contribution >= 0.6 is 0 Å². The fourth-order valence-corrected chi connectivity index (χ4v) is 1.68. The third kappa shape index (κ3) is 4.20. The molecule has 0 heterocycles. The van der Waals surface area contributed by atoms with E-state index in [0.29, 0.717) is 17.2 Å². The lowest BCUT2D eigenvalue weighted by atomic mass is 10.3. The number of nitrogens with one attached hydrogen (secondary N) is 1. The third-order valence-corrected chi connectivity index (χ3v) is 2.79. The van der Waals surface area contributed by atoms with Crippen molar-refractivity contribution in [3.05, 3.63) is 58.6 Å². The molecule has 0 aliphatic carbocycles. The molecule has 0 unspecified atom stereocenters. The molecule has 0 saturated heterocycles. The molecule has 0 aromatic heterocycles. The fourth-order valence-electron chi connectivity index (χ4n) is 1.68. The van der Waals surface area contributed by atoms with Gasteiger partial charge >= 0.3 is 0 Å². The molecule has 7 heteroatoms. The van der Waals surface area contributed by atoms with E-state index < -0.39 is 4.92 Å². The molecule has 0 saturated carbocycles. The Morgan fingerprint density at radius 1 is 1.09 bits per heavy atom. The van der Waals surface area contributed by atoms with E-state index in [1.54, 1.807) is 31.4 Å². The maximum absolute atomic E-state index is 11.7. The number of ether oxygens (including phenoxy) is 2. The Morgan fingerprint density at radius 3 is 2.23 bits per heavy atom. The van der Waals surface area contributed by atoms with Crippen molar-refractivity contribution in [3.8, 4) is 11.5 Å². The van der Waals surface area contributed by atoms with Gasteiger partial charge in [-0.3, -0.25) is 14.9 Å². The minimum absolute atomic E-state index is 0.0324. The lowest BCUT2D eigenvalue weighted by molar-refractivity contribution is -0.384. The largest absolute Gasteiger partial charge is 0.497 e. The van der Waals surface area contributed by atoms with Gasteiger partial charge in [-0.25, -0.2) is 0 Å². The molecular weight excluding hydrogens is 288 g/mol. The van der Waals surface area contributed by atoms with Crippen molar-refractivity contribution in [2.45, 2.75) is 0 Å². The van der Waals surface area contributed by atoms with Crippen LogP contribution in [0.15, 0.2) is 48.5 Å². The van der Waals surface area contributed by atoms with E-state index in [2.05, 4.69) is 5.32 Å². The van der Waals surface area contributed by atoms with Gasteiger partial charge in [-0.15, -0.1) is 0 Å². The SMILES string of the molecule is COc1ccc(NC(=O)COc2ccc([N+](=O)[O-])cc2)cc1. The number of carbonyl (C=O) groups excluding carboxylic acids is 1. The molecule has 114 valence electrons. The predicted molar refractivity (Wildman–Crippen MR) is 80.2 cm³/mol. The van der Waals surface area contributed by atoms with E-state index >= 15 is 0 Å². The second kappa shape index (κ2) is 7.07. The molecule has 7 nitrogen and oxygen atoms in total. The summed E-state index contributed by atoms with van der Waals surface area (Å²) < 4.78 is 10.3. The first kappa shape index (κ1) is 15.3. The zero-order chi connectivity index (χ0) is 15.9. The van der Waals surface area contributed by atoms with Crippen molar-refractivity contribution in [3.63, 3.8) is 0 Å². The highest BCUT2D eigenvalue weighted by molar-refractivity contribution is 5.91. The van der Waals surface area contributed by atoms with Crippen LogP contribution in [0.3, 0.4) is 0 Å². The van der Waals surface area contributed by atoms with Crippen LogP contribution in [0, 0.1) is 10.1 Å². The summed E-state index contributed by atoms with van der Waals surface area (Å²) in [4.78, 5) is 21.8. The first-order chi connectivity index (χ1) is 10.6. The number of carbonyl (C=O) groups is 1. The monoisotopic (exact) mass is 302 g/mol. The van der Waals surface area contributed by atoms with E-state index in [0.717, 1.165) is 0 Å². The molecule has 2 aromatic carbocycles. The number of amides is 1. The van der Waals surface area contributed by atoms with Gasteiger partial charge < -0.3 is 14.8 Å². The summed E-state index contributed by atoms with van der Waals surface area (Å²) in [5.74, 6) is 0.749. The number of nitrogens with zero attached hydrogens (tertiary/aromatic N) is 1. The minimum atomic E-state index is -0.500. The van der Waals surface area contributed by atoms with Crippen molar-refractivity contribution >= 4 is 17.3 Å². The van der Waals surface area contributed by atoms with Crippen LogP contribution in [0.25, 0.3) is 0 Å². The van der Waals surface area contributed by atoms with Gasteiger partial charge in [-0.05, 0) is 36.4 Å². The molecule has 1 N–H and O–H groups in total. The molecule has 0 atom stereocenters. The number of non-ortho nitro benzene ring substituents is 1. The molecule has 1 amide bonds. The molecule has 0 fully saturated rings. The standard InChI is InChI=1S/C15H14N2O5/c1-21-13-6-2-11(3-7-13)16-15(18)10-22-14-8-4-12(5-9-14)17(19)20/h2-9H,10H2,1H3,(H,16,18).